The Morgan fingerprint density at radius 3 is 2.58 bits per heavy atom. The van der Waals surface area contributed by atoms with Crippen molar-refractivity contribution in [3.63, 3.8) is 0 Å². The molecule has 1 saturated carbocycles. The summed E-state index contributed by atoms with van der Waals surface area (Å²) in [5.41, 5.74) is 5.16. The van der Waals surface area contributed by atoms with E-state index in [0.29, 0.717) is 0 Å². The second-order valence-electron chi connectivity index (χ2n) is 4.90. The minimum Gasteiger partial charge on any atom is -0.398 e. The highest BCUT2D eigenvalue weighted by Gasteiger charge is 2.39. The number of anilines is 1. The van der Waals surface area contributed by atoms with Crippen molar-refractivity contribution in [1.82, 2.24) is 4.72 Å². The van der Waals surface area contributed by atoms with Crippen molar-refractivity contribution in [2.75, 3.05) is 5.73 Å². The van der Waals surface area contributed by atoms with E-state index in [1.54, 1.807) is 0 Å². The Bertz CT molecular complexity index is 594. The number of nitrogens with one attached hydrogen (secondary N) is 1. The van der Waals surface area contributed by atoms with Gasteiger partial charge in [0.15, 0.2) is 0 Å². The fraction of sp³-hybridized carbons (Fsp3) is 0.500. The lowest BCUT2D eigenvalue weighted by Crippen LogP contribution is -2.52. The predicted octanol–water partition coefficient (Wildman–Crippen LogP) is 2.78. The van der Waals surface area contributed by atoms with Gasteiger partial charge < -0.3 is 5.73 Å². The summed E-state index contributed by atoms with van der Waals surface area (Å²) in [5, 5.41) is 0. The van der Waals surface area contributed by atoms with E-state index in [0.717, 1.165) is 31.7 Å². The first kappa shape index (κ1) is 14.7. The van der Waals surface area contributed by atoms with Crippen LogP contribution in [0.25, 0.3) is 0 Å². The minimum atomic E-state index is -3.73. The fourth-order valence-corrected chi connectivity index (χ4v) is 4.41. The molecule has 1 aliphatic rings. The minimum absolute atomic E-state index is 0.0829. The molecule has 1 fully saturated rings. The van der Waals surface area contributed by atoms with Crippen LogP contribution in [0.2, 0.25) is 0 Å². The SMILES string of the molecule is CCC1(NS(=O)(=O)c2cc(Br)c(F)cc2N)CCC1. The first-order valence-electron chi connectivity index (χ1n) is 6.08. The molecule has 1 aromatic rings. The molecule has 106 valence electrons. The lowest BCUT2D eigenvalue weighted by atomic mass is 9.76. The standard InChI is InChI=1S/C12H16BrFN2O2S/c1-2-12(4-3-5-12)16-19(17,18)11-6-8(13)9(14)7-10(11)15/h6-7,16H,2-5,15H2,1H3. The number of nitrogen functional groups attached to an aromatic ring is 1. The highest BCUT2D eigenvalue weighted by Crippen LogP contribution is 2.37. The summed E-state index contributed by atoms with van der Waals surface area (Å²) < 4.78 is 40.8. The zero-order valence-electron chi connectivity index (χ0n) is 10.5. The number of nitrogens with two attached hydrogens (primary N) is 1. The lowest BCUT2D eigenvalue weighted by molar-refractivity contribution is 0.214. The van der Waals surface area contributed by atoms with Gasteiger partial charge >= 0.3 is 0 Å². The van der Waals surface area contributed by atoms with Crippen LogP contribution < -0.4 is 10.5 Å². The van der Waals surface area contributed by atoms with Gasteiger partial charge in [-0.2, -0.15) is 0 Å². The molecular weight excluding hydrogens is 335 g/mol. The third-order valence-electron chi connectivity index (χ3n) is 3.68. The largest absolute Gasteiger partial charge is 0.398 e. The maximum atomic E-state index is 13.3. The Hall–Kier alpha value is -0.660. The van der Waals surface area contributed by atoms with Gasteiger partial charge in [-0.3, -0.25) is 0 Å². The van der Waals surface area contributed by atoms with Crippen molar-refractivity contribution < 1.29 is 12.8 Å². The first-order chi connectivity index (χ1) is 8.80. The molecule has 0 atom stereocenters. The molecule has 0 amide bonds. The van der Waals surface area contributed by atoms with Crippen LogP contribution in [0.1, 0.15) is 32.6 Å². The van der Waals surface area contributed by atoms with Crippen LogP contribution >= 0.6 is 15.9 Å². The van der Waals surface area contributed by atoms with Crippen LogP contribution in [-0.4, -0.2) is 14.0 Å². The second-order valence-corrected chi connectivity index (χ2v) is 7.40. The first-order valence-corrected chi connectivity index (χ1v) is 8.36. The van der Waals surface area contributed by atoms with E-state index in [1.165, 1.54) is 6.07 Å². The van der Waals surface area contributed by atoms with Crippen molar-refractivity contribution in [2.24, 2.45) is 0 Å². The van der Waals surface area contributed by atoms with E-state index in [2.05, 4.69) is 20.7 Å². The topological polar surface area (TPSA) is 72.2 Å². The molecule has 7 heteroatoms. The Balaban J connectivity index is 2.37. The number of sulfonamides is 1. The van der Waals surface area contributed by atoms with Crippen molar-refractivity contribution in [3.8, 4) is 0 Å². The normalized spacial score (nSPS) is 18.1. The van der Waals surface area contributed by atoms with Crippen LogP contribution in [0.4, 0.5) is 10.1 Å². The monoisotopic (exact) mass is 350 g/mol. The summed E-state index contributed by atoms with van der Waals surface area (Å²) >= 11 is 2.98. The Morgan fingerprint density at radius 2 is 2.11 bits per heavy atom. The third kappa shape index (κ3) is 2.78. The number of halogens is 2. The third-order valence-corrected chi connectivity index (χ3v) is 5.92. The summed E-state index contributed by atoms with van der Waals surface area (Å²) in [6, 6.07) is 2.22. The molecule has 0 spiro atoms. The highest BCUT2D eigenvalue weighted by atomic mass is 79.9. The molecular formula is C12H16BrFN2O2S. The molecule has 0 saturated heterocycles. The maximum Gasteiger partial charge on any atom is 0.243 e. The molecule has 19 heavy (non-hydrogen) atoms. The Kier molecular flexibility index (Phi) is 3.90. The fourth-order valence-electron chi connectivity index (χ4n) is 2.25. The van der Waals surface area contributed by atoms with Gasteiger partial charge in [-0.1, -0.05) is 6.92 Å². The van der Waals surface area contributed by atoms with Gasteiger partial charge in [0.2, 0.25) is 10.0 Å². The number of benzene rings is 1. The number of hydrogen-bond acceptors (Lipinski definition) is 3. The van der Waals surface area contributed by atoms with Crippen LogP contribution in [-0.2, 0) is 10.0 Å². The Labute approximate surface area is 120 Å². The molecule has 0 unspecified atom stereocenters. The number of hydrogen-bond donors (Lipinski definition) is 2. The van der Waals surface area contributed by atoms with E-state index >= 15 is 0 Å². The summed E-state index contributed by atoms with van der Waals surface area (Å²) in [6.07, 6.45) is 3.39. The van der Waals surface area contributed by atoms with E-state index in [9.17, 15) is 12.8 Å². The van der Waals surface area contributed by atoms with Crippen LogP contribution in [0.15, 0.2) is 21.5 Å². The van der Waals surface area contributed by atoms with Crippen LogP contribution in [0, 0.1) is 5.82 Å². The van der Waals surface area contributed by atoms with Gasteiger partial charge in [-0.15, -0.1) is 0 Å². The number of rotatable bonds is 4. The molecule has 1 aromatic carbocycles. The van der Waals surface area contributed by atoms with Gasteiger partial charge in [0.1, 0.15) is 10.7 Å². The molecule has 2 rings (SSSR count). The average Bonchev–Trinajstić information content (AvgIpc) is 2.28. The quantitative estimate of drug-likeness (QED) is 0.820. The summed E-state index contributed by atoms with van der Waals surface area (Å²) in [7, 11) is -3.73. The molecule has 0 radical (unpaired) electrons. The maximum absolute atomic E-state index is 13.3. The molecule has 3 N–H and O–H groups in total. The highest BCUT2D eigenvalue weighted by molar-refractivity contribution is 9.10. The van der Waals surface area contributed by atoms with Gasteiger partial charge in [0, 0.05) is 5.54 Å². The zero-order valence-corrected chi connectivity index (χ0v) is 12.9. The molecule has 4 nitrogen and oxygen atoms in total. The van der Waals surface area contributed by atoms with Gasteiger partial charge in [0.05, 0.1) is 10.2 Å². The van der Waals surface area contributed by atoms with Crippen molar-refractivity contribution in [3.05, 3.63) is 22.4 Å². The molecule has 0 bridgehead atoms. The Morgan fingerprint density at radius 1 is 1.47 bits per heavy atom. The van der Waals surface area contributed by atoms with Crippen LogP contribution in [0.3, 0.4) is 0 Å². The lowest BCUT2D eigenvalue weighted by Gasteiger charge is -2.41. The van der Waals surface area contributed by atoms with Crippen molar-refractivity contribution in [1.29, 1.82) is 0 Å². The predicted molar refractivity (Wildman–Crippen MR) is 75.7 cm³/mol. The smallest absolute Gasteiger partial charge is 0.243 e. The van der Waals surface area contributed by atoms with Crippen molar-refractivity contribution in [2.45, 2.75) is 43.0 Å². The summed E-state index contributed by atoms with van der Waals surface area (Å²) in [4.78, 5) is -0.0829. The van der Waals surface area contributed by atoms with E-state index in [-0.39, 0.29) is 20.6 Å². The average molecular weight is 351 g/mol. The molecule has 0 aromatic heterocycles. The van der Waals surface area contributed by atoms with Gasteiger partial charge in [-0.25, -0.2) is 17.5 Å². The van der Waals surface area contributed by atoms with Gasteiger partial charge in [-0.05, 0) is 53.7 Å². The zero-order chi connectivity index (χ0) is 14.3. The molecule has 0 heterocycles. The summed E-state index contributed by atoms with van der Waals surface area (Å²) in [5.74, 6) is -0.578. The molecule has 0 aliphatic heterocycles. The van der Waals surface area contributed by atoms with Crippen molar-refractivity contribution >= 4 is 31.6 Å². The van der Waals surface area contributed by atoms with E-state index in [4.69, 9.17) is 5.73 Å². The van der Waals surface area contributed by atoms with E-state index in [1.807, 2.05) is 6.92 Å². The second kappa shape index (κ2) is 5.03. The molecule has 1 aliphatic carbocycles. The van der Waals surface area contributed by atoms with Crippen LogP contribution in [0.5, 0.6) is 0 Å². The van der Waals surface area contributed by atoms with Gasteiger partial charge in [0.25, 0.3) is 0 Å². The van der Waals surface area contributed by atoms with E-state index < -0.39 is 15.8 Å². The summed E-state index contributed by atoms with van der Waals surface area (Å²) in [6.45, 7) is 1.95.